The molecule has 1 heterocycles. The molecule has 1 aliphatic rings. The topological polar surface area (TPSA) is 72.5 Å². The number of fused-ring (bicyclic) bond motifs is 1. The van der Waals surface area contributed by atoms with Gasteiger partial charge in [0.2, 0.25) is 5.91 Å². The Balaban J connectivity index is 2.03. The fourth-order valence-corrected chi connectivity index (χ4v) is 4.08. The van der Waals surface area contributed by atoms with Gasteiger partial charge in [0.1, 0.15) is 6.10 Å². The van der Waals surface area contributed by atoms with Gasteiger partial charge in [-0.1, -0.05) is 31.5 Å². The van der Waals surface area contributed by atoms with Gasteiger partial charge in [0.05, 0.1) is 16.7 Å². The van der Waals surface area contributed by atoms with Crippen LogP contribution in [-0.2, 0) is 19.4 Å². The zero-order valence-corrected chi connectivity index (χ0v) is 13.2. The van der Waals surface area contributed by atoms with Crippen LogP contribution in [0.2, 0.25) is 0 Å². The fourth-order valence-electron chi connectivity index (χ4n) is 2.34. The van der Waals surface area contributed by atoms with Crippen molar-refractivity contribution in [2.75, 3.05) is 12.4 Å². The van der Waals surface area contributed by atoms with E-state index < -0.39 is 22.0 Å². The average Bonchev–Trinajstić information content (AvgIpc) is 2.71. The van der Waals surface area contributed by atoms with Crippen LogP contribution in [0.5, 0.6) is 0 Å². The van der Waals surface area contributed by atoms with Crippen molar-refractivity contribution in [3.63, 3.8) is 0 Å². The molecule has 1 amide bonds. The minimum Gasteiger partial charge on any atom is -0.369 e. The Hall–Kier alpha value is -1.40. The molecule has 5 nitrogen and oxygen atoms in total. The van der Waals surface area contributed by atoms with E-state index in [4.69, 9.17) is 4.74 Å². The number of ether oxygens (including phenoxy) is 1. The van der Waals surface area contributed by atoms with Crippen LogP contribution in [0.1, 0.15) is 38.3 Å². The molecule has 2 atom stereocenters. The molecule has 1 aliphatic heterocycles. The third-order valence-corrected chi connectivity index (χ3v) is 5.38. The number of unbranched alkanes of at least 4 members (excludes halogenated alkanes) is 1. The molecule has 0 spiro atoms. The predicted molar refractivity (Wildman–Crippen MR) is 79.7 cm³/mol. The van der Waals surface area contributed by atoms with E-state index in [1.54, 1.807) is 31.2 Å². The summed E-state index contributed by atoms with van der Waals surface area (Å²) in [6.45, 7) is 4.26. The van der Waals surface area contributed by atoms with Crippen molar-refractivity contribution in [2.24, 2.45) is 0 Å². The van der Waals surface area contributed by atoms with Crippen LogP contribution in [-0.4, -0.2) is 32.8 Å². The molecule has 0 fully saturated rings. The van der Waals surface area contributed by atoms with E-state index in [2.05, 4.69) is 12.2 Å². The van der Waals surface area contributed by atoms with Gasteiger partial charge in [-0.05, 0) is 25.0 Å². The van der Waals surface area contributed by atoms with E-state index in [9.17, 15) is 13.2 Å². The van der Waals surface area contributed by atoms with Crippen molar-refractivity contribution in [1.29, 1.82) is 0 Å². The number of rotatable bonds is 6. The molecule has 0 aromatic heterocycles. The summed E-state index contributed by atoms with van der Waals surface area (Å²) in [4.78, 5) is 12.4. The first kappa shape index (κ1) is 16.0. The molecule has 2 rings (SSSR count). The van der Waals surface area contributed by atoms with Crippen LogP contribution < -0.4 is 5.32 Å². The van der Waals surface area contributed by atoms with Crippen molar-refractivity contribution < 1.29 is 17.9 Å². The maximum atomic E-state index is 12.1. The Bertz CT molecular complexity index is 612. The molecule has 0 saturated carbocycles. The number of amides is 1. The summed E-state index contributed by atoms with van der Waals surface area (Å²) in [6, 6.07) is 6.30. The summed E-state index contributed by atoms with van der Waals surface area (Å²) < 4.78 is 29.5. The van der Waals surface area contributed by atoms with Gasteiger partial charge in [-0.25, -0.2) is 8.42 Å². The first-order chi connectivity index (χ1) is 9.95. The quantitative estimate of drug-likeness (QED) is 0.814. The third-order valence-electron chi connectivity index (χ3n) is 3.57. The van der Waals surface area contributed by atoms with Crippen LogP contribution in [0.3, 0.4) is 0 Å². The highest BCUT2D eigenvalue weighted by Gasteiger charge is 2.35. The highest BCUT2D eigenvalue weighted by Crippen LogP contribution is 2.32. The molecule has 0 radical (unpaired) electrons. The van der Waals surface area contributed by atoms with Crippen molar-refractivity contribution in [3.8, 4) is 0 Å². The number of carbonyl (C=O) groups excluding carboxylic acids is 1. The summed E-state index contributed by atoms with van der Waals surface area (Å²) in [5.41, 5.74) is 0.659. The van der Waals surface area contributed by atoms with E-state index in [1.807, 2.05) is 0 Å². The van der Waals surface area contributed by atoms with Crippen LogP contribution in [0.4, 0.5) is 0 Å². The van der Waals surface area contributed by atoms with Crippen LogP contribution in [0.25, 0.3) is 0 Å². The number of hydrogen-bond acceptors (Lipinski definition) is 4. The van der Waals surface area contributed by atoms with Gasteiger partial charge in [-0.2, -0.15) is 0 Å². The minimum absolute atomic E-state index is 0.0836. The number of carbonyl (C=O) groups is 1. The second-order valence-electron chi connectivity index (χ2n) is 5.25. The number of sulfone groups is 1. The molecule has 6 heteroatoms. The standard InChI is InChI=1S/C15H21NO4S/c1-3-4-9-20-11(2)15(17)16-13-10-21(18,19)14-8-6-5-7-12(13)14/h5-8,11,13H,3-4,9-10H2,1-2H3,(H,16,17)/t11-,13+/m0/s1. The monoisotopic (exact) mass is 311 g/mol. The molecule has 0 aliphatic carbocycles. The molecular weight excluding hydrogens is 290 g/mol. The summed E-state index contributed by atoms with van der Waals surface area (Å²) in [5, 5.41) is 2.77. The van der Waals surface area contributed by atoms with Crippen molar-refractivity contribution in [2.45, 2.75) is 43.7 Å². The molecule has 1 aromatic rings. The van der Waals surface area contributed by atoms with Crippen molar-refractivity contribution in [3.05, 3.63) is 29.8 Å². The zero-order valence-electron chi connectivity index (χ0n) is 12.3. The summed E-state index contributed by atoms with van der Waals surface area (Å²) in [7, 11) is -3.30. The Labute approximate surface area is 125 Å². The van der Waals surface area contributed by atoms with Crippen LogP contribution in [0, 0.1) is 0 Å². The molecular formula is C15H21NO4S. The highest BCUT2D eigenvalue weighted by molar-refractivity contribution is 7.91. The van der Waals surface area contributed by atoms with Crippen LogP contribution in [0.15, 0.2) is 29.2 Å². The minimum atomic E-state index is -3.30. The number of benzene rings is 1. The van der Waals surface area contributed by atoms with Gasteiger partial charge in [-0.3, -0.25) is 4.79 Å². The van der Waals surface area contributed by atoms with Gasteiger partial charge in [0.25, 0.3) is 0 Å². The molecule has 0 unspecified atom stereocenters. The van der Waals surface area contributed by atoms with E-state index in [0.29, 0.717) is 17.1 Å². The molecule has 1 N–H and O–H groups in total. The fraction of sp³-hybridized carbons (Fsp3) is 0.533. The van der Waals surface area contributed by atoms with E-state index in [-0.39, 0.29) is 11.7 Å². The van der Waals surface area contributed by atoms with Gasteiger partial charge < -0.3 is 10.1 Å². The maximum absolute atomic E-state index is 12.1. The van der Waals surface area contributed by atoms with Crippen molar-refractivity contribution >= 4 is 15.7 Å². The molecule has 0 bridgehead atoms. The lowest BCUT2D eigenvalue weighted by Gasteiger charge is -2.17. The van der Waals surface area contributed by atoms with E-state index >= 15 is 0 Å². The van der Waals surface area contributed by atoms with Gasteiger partial charge >= 0.3 is 0 Å². The van der Waals surface area contributed by atoms with E-state index in [1.165, 1.54) is 0 Å². The van der Waals surface area contributed by atoms with Crippen molar-refractivity contribution in [1.82, 2.24) is 5.32 Å². The van der Waals surface area contributed by atoms with Gasteiger partial charge in [0.15, 0.2) is 9.84 Å². The third kappa shape index (κ3) is 3.63. The molecule has 0 saturated heterocycles. The summed E-state index contributed by atoms with van der Waals surface area (Å²) in [5.74, 6) is -0.359. The number of nitrogens with one attached hydrogen (secondary N) is 1. The SMILES string of the molecule is CCCCO[C@@H](C)C(=O)N[C@@H]1CS(=O)(=O)c2ccccc21. The lowest BCUT2D eigenvalue weighted by molar-refractivity contribution is -0.132. The zero-order chi connectivity index (χ0) is 15.5. The molecule has 21 heavy (non-hydrogen) atoms. The van der Waals surface area contributed by atoms with Gasteiger partial charge in [0, 0.05) is 6.61 Å². The summed E-state index contributed by atoms with van der Waals surface area (Å²) in [6.07, 6.45) is 1.33. The second kappa shape index (κ2) is 6.58. The highest BCUT2D eigenvalue weighted by atomic mass is 32.2. The van der Waals surface area contributed by atoms with E-state index in [0.717, 1.165) is 12.8 Å². The Kier molecular flexibility index (Phi) is 5.00. The Morgan fingerprint density at radius 2 is 2.14 bits per heavy atom. The second-order valence-corrected chi connectivity index (χ2v) is 7.25. The maximum Gasteiger partial charge on any atom is 0.249 e. The largest absolute Gasteiger partial charge is 0.369 e. The average molecular weight is 311 g/mol. The normalized spacial score (nSPS) is 20.8. The molecule has 1 aromatic carbocycles. The molecule has 116 valence electrons. The Morgan fingerprint density at radius 1 is 1.43 bits per heavy atom. The lowest BCUT2D eigenvalue weighted by atomic mass is 10.1. The number of hydrogen-bond donors (Lipinski definition) is 1. The van der Waals surface area contributed by atoms with Gasteiger partial charge in [-0.15, -0.1) is 0 Å². The lowest BCUT2D eigenvalue weighted by Crippen LogP contribution is -2.37. The Morgan fingerprint density at radius 3 is 2.86 bits per heavy atom. The smallest absolute Gasteiger partial charge is 0.249 e. The van der Waals surface area contributed by atoms with Crippen LogP contribution >= 0.6 is 0 Å². The first-order valence-corrected chi connectivity index (χ1v) is 8.84. The predicted octanol–water partition coefficient (Wildman–Crippen LogP) is 1.84. The first-order valence-electron chi connectivity index (χ1n) is 7.19. The summed E-state index contributed by atoms with van der Waals surface area (Å²) >= 11 is 0.